The van der Waals surface area contributed by atoms with Gasteiger partial charge >= 0.3 is 0 Å². The number of nitrogens with zero attached hydrogens (tertiary/aromatic N) is 2. The minimum atomic E-state index is -0.679. The molecule has 5 N–H and O–H groups in total. The molecule has 4 aromatic rings. The molecule has 132 valence electrons. The third-order valence-corrected chi connectivity index (χ3v) is 5.75. The fraction of sp³-hybridized carbons (Fsp3) is 0.111. The Labute approximate surface area is 157 Å². The number of fused-ring (bicyclic) bond motifs is 3. The molecule has 8 heteroatoms. The fourth-order valence-corrected chi connectivity index (χ4v) is 4.53. The van der Waals surface area contributed by atoms with Crippen LogP contribution in [0.5, 0.6) is 5.75 Å². The molecule has 4 rings (SSSR count). The molecule has 26 heavy (non-hydrogen) atoms. The Morgan fingerprint density at radius 2 is 2.04 bits per heavy atom. The van der Waals surface area contributed by atoms with Gasteiger partial charge in [0.1, 0.15) is 16.7 Å². The van der Waals surface area contributed by atoms with E-state index in [0.29, 0.717) is 27.7 Å². The molecule has 6 nitrogen and oxygen atoms in total. The highest BCUT2D eigenvalue weighted by Gasteiger charge is 2.27. The predicted octanol–water partition coefficient (Wildman–Crippen LogP) is 3.90. The second-order valence-corrected chi connectivity index (χ2v) is 7.37. The highest BCUT2D eigenvalue weighted by Crippen LogP contribution is 2.42. The first-order valence-electron chi connectivity index (χ1n) is 7.78. The number of nitrogen functional groups attached to an aromatic ring is 1. The number of pyridine rings is 1. The van der Waals surface area contributed by atoms with Gasteiger partial charge in [-0.1, -0.05) is 17.7 Å². The van der Waals surface area contributed by atoms with Crippen molar-refractivity contribution in [2.45, 2.75) is 13.8 Å². The minimum absolute atomic E-state index is 0.134. The summed E-state index contributed by atoms with van der Waals surface area (Å²) in [6, 6.07) is 5.27. The number of benzene rings is 1. The zero-order valence-electron chi connectivity index (χ0n) is 14.0. The van der Waals surface area contributed by atoms with E-state index in [2.05, 4.69) is 4.98 Å². The van der Waals surface area contributed by atoms with Crippen LogP contribution in [0.3, 0.4) is 0 Å². The van der Waals surface area contributed by atoms with Crippen LogP contribution in [0.4, 0.5) is 5.82 Å². The van der Waals surface area contributed by atoms with Crippen LogP contribution in [0.25, 0.3) is 26.8 Å². The quantitative estimate of drug-likeness (QED) is 0.454. The number of phenolic OH excluding ortho intramolecular Hbond substituents is 1. The summed E-state index contributed by atoms with van der Waals surface area (Å²) in [6.45, 7) is 3.70. The summed E-state index contributed by atoms with van der Waals surface area (Å²) in [7, 11) is 0. The molecule has 0 saturated heterocycles. The fourth-order valence-electron chi connectivity index (χ4n) is 3.39. The van der Waals surface area contributed by atoms with Gasteiger partial charge in [-0.25, -0.2) is 4.98 Å². The second-order valence-electron chi connectivity index (χ2n) is 6.10. The van der Waals surface area contributed by atoms with Crippen LogP contribution >= 0.6 is 22.9 Å². The Kier molecular flexibility index (Phi) is 3.61. The zero-order valence-corrected chi connectivity index (χ0v) is 15.6. The van der Waals surface area contributed by atoms with Crippen molar-refractivity contribution in [3.63, 3.8) is 0 Å². The Morgan fingerprint density at radius 1 is 1.31 bits per heavy atom. The first kappa shape index (κ1) is 16.7. The molecular weight excluding hydrogens is 372 g/mol. The largest absolute Gasteiger partial charge is 0.508 e. The molecule has 1 aromatic carbocycles. The number of aromatic hydroxyl groups is 1. The summed E-state index contributed by atoms with van der Waals surface area (Å²) in [6.07, 6.45) is 0. The highest BCUT2D eigenvalue weighted by atomic mass is 35.5. The molecule has 0 spiro atoms. The Bertz CT molecular complexity index is 1230. The third kappa shape index (κ3) is 2.11. The lowest BCUT2D eigenvalue weighted by atomic mass is 10.1. The van der Waals surface area contributed by atoms with E-state index in [9.17, 15) is 9.90 Å². The van der Waals surface area contributed by atoms with Crippen LogP contribution in [0, 0.1) is 13.8 Å². The smallest absolute Gasteiger partial charge is 0.253 e. The first-order valence-corrected chi connectivity index (χ1v) is 9.04. The number of aromatic nitrogens is 2. The number of hydrogen-bond donors (Lipinski definition) is 3. The molecule has 0 aliphatic rings. The van der Waals surface area contributed by atoms with Gasteiger partial charge in [-0.2, -0.15) is 0 Å². The number of aryl methyl sites for hydroxylation is 1. The van der Waals surface area contributed by atoms with Crippen LogP contribution < -0.4 is 11.5 Å². The van der Waals surface area contributed by atoms with Gasteiger partial charge in [0.15, 0.2) is 0 Å². The number of rotatable bonds is 2. The summed E-state index contributed by atoms with van der Waals surface area (Å²) in [5, 5.41) is 12.7. The third-order valence-electron chi connectivity index (χ3n) is 4.57. The number of carbonyl (C=O) groups is 1. The Morgan fingerprint density at radius 3 is 2.73 bits per heavy atom. The van der Waals surface area contributed by atoms with Crippen LogP contribution in [-0.4, -0.2) is 20.6 Å². The predicted molar refractivity (Wildman–Crippen MR) is 106 cm³/mol. The maximum atomic E-state index is 12.1. The second kappa shape index (κ2) is 5.62. The molecule has 0 bridgehead atoms. The van der Waals surface area contributed by atoms with E-state index >= 15 is 0 Å². The van der Waals surface area contributed by atoms with Crippen molar-refractivity contribution >= 4 is 55.8 Å². The van der Waals surface area contributed by atoms with Crippen molar-refractivity contribution in [2.75, 3.05) is 5.73 Å². The normalized spacial score (nSPS) is 11.5. The summed E-state index contributed by atoms with van der Waals surface area (Å²) in [4.78, 5) is 16.5. The van der Waals surface area contributed by atoms with E-state index in [4.69, 9.17) is 23.1 Å². The minimum Gasteiger partial charge on any atom is -0.508 e. The highest BCUT2D eigenvalue weighted by molar-refractivity contribution is 7.18. The van der Waals surface area contributed by atoms with E-state index < -0.39 is 5.91 Å². The molecule has 3 heterocycles. The topological polar surface area (TPSA) is 107 Å². The van der Waals surface area contributed by atoms with Gasteiger partial charge in [0.05, 0.1) is 32.4 Å². The van der Waals surface area contributed by atoms with Gasteiger partial charge in [0.25, 0.3) is 5.91 Å². The van der Waals surface area contributed by atoms with E-state index in [1.165, 1.54) is 11.3 Å². The summed E-state index contributed by atoms with van der Waals surface area (Å²) < 4.78 is 2.58. The lowest BCUT2D eigenvalue weighted by molar-refractivity contribution is 0.100. The van der Waals surface area contributed by atoms with E-state index in [-0.39, 0.29) is 22.3 Å². The van der Waals surface area contributed by atoms with Crippen molar-refractivity contribution in [2.24, 2.45) is 5.73 Å². The van der Waals surface area contributed by atoms with E-state index in [1.807, 2.05) is 18.4 Å². The molecule has 1 amide bonds. The van der Waals surface area contributed by atoms with E-state index in [0.717, 1.165) is 10.3 Å². The van der Waals surface area contributed by atoms with Crippen molar-refractivity contribution in [3.8, 4) is 11.4 Å². The average Bonchev–Trinajstić information content (AvgIpc) is 3.14. The molecule has 0 saturated carbocycles. The number of hydrogen-bond acceptors (Lipinski definition) is 5. The van der Waals surface area contributed by atoms with E-state index in [1.54, 1.807) is 23.6 Å². The molecule has 0 radical (unpaired) electrons. The Hall–Kier alpha value is -2.77. The number of thiophene rings is 1. The van der Waals surface area contributed by atoms with Gasteiger partial charge in [-0.05, 0) is 36.9 Å². The summed E-state index contributed by atoms with van der Waals surface area (Å²) in [5.41, 5.74) is 15.7. The molecule has 0 unspecified atom stereocenters. The van der Waals surface area contributed by atoms with Gasteiger partial charge in [-0.3, -0.25) is 9.36 Å². The van der Waals surface area contributed by atoms with Crippen molar-refractivity contribution in [1.29, 1.82) is 0 Å². The van der Waals surface area contributed by atoms with Crippen molar-refractivity contribution in [1.82, 2.24) is 9.55 Å². The lowest BCUT2D eigenvalue weighted by Gasteiger charge is -2.16. The van der Waals surface area contributed by atoms with Gasteiger partial charge in [-0.15, -0.1) is 11.3 Å². The zero-order chi connectivity index (χ0) is 18.7. The number of halogens is 1. The number of amides is 1. The lowest BCUT2D eigenvalue weighted by Crippen LogP contribution is -2.14. The first-order chi connectivity index (χ1) is 12.3. The number of nitrogens with two attached hydrogens (primary N) is 2. The van der Waals surface area contributed by atoms with Crippen molar-refractivity contribution in [3.05, 3.63) is 45.4 Å². The molecule has 0 aliphatic carbocycles. The SMILES string of the molecule is Cc1ccc(O)c(C)c1-n1c(N)c(C(N)=O)c2c(Cl)nc3ccsc3c21. The van der Waals surface area contributed by atoms with Crippen LogP contribution in [0.15, 0.2) is 23.6 Å². The van der Waals surface area contributed by atoms with Gasteiger partial charge in [0.2, 0.25) is 0 Å². The molecule has 0 atom stereocenters. The maximum absolute atomic E-state index is 12.1. The number of anilines is 1. The average molecular weight is 387 g/mol. The maximum Gasteiger partial charge on any atom is 0.253 e. The summed E-state index contributed by atoms with van der Waals surface area (Å²) >= 11 is 7.87. The number of phenols is 1. The van der Waals surface area contributed by atoms with Gasteiger partial charge in [0, 0.05) is 5.56 Å². The van der Waals surface area contributed by atoms with Crippen LogP contribution in [0.1, 0.15) is 21.5 Å². The van der Waals surface area contributed by atoms with Crippen LogP contribution in [0.2, 0.25) is 5.15 Å². The number of carbonyl (C=O) groups excluding carboxylic acids is 1. The molecular formula is C18H15ClN4O2S. The molecule has 3 aromatic heterocycles. The summed E-state index contributed by atoms with van der Waals surface area (Å²) in [5.74, 6) is -0.370. The Balaban J connectivity index is 2.33. The van der Waals surface area contributed by atoms with Crippen LogP contribution in [-0.2, 0) is 0 Å². The molecule has 0 aliphatic heterocycles. The van der Waals surface area contributed by atoms with Gasteiger partial charge < -0.3 is 16.6 Å². The monoisotopic (exact) mass is 386 g/mol. The van der Waals surface area contributed by atoms with Crippen molar-refractivity contribution < 1.29 is 9.90 Å². The number of primary amides is 1. The molecule has 0 fully saturated rings. The standard InChI is InChI=1S/C18H15ClN4O2S/c1-7-3-4-10(24)8(2)13(7)23-14-11(12(17(23)20)18(21)25)16(19)22-9-5-6-26-15(9)14/h3-6,24H,20H2,1-2H3,(H2,21,25).